The van der Waals surface area contributed by atoms with Gasteiger partial charge in [-0.05, 0) is 37.0 Å². The van der Waals surface area contributed by atoms with Crippen LogP contribution in [-0.4, -0.2) is 35.0 Å². The lowest BCUT2D eigenvalue weighted by Gasteiger charge is -2.32. The van der Waals surface area contributed by atoms with Gasteiger partial charge in [0, 0.05) is 43.0 Å². The van der Waals surface area contributed by atoms with Crippen LogP contribution in [0.2, 0.25) is 5.02 Å². The third kappa shape index (κ3) is 4.45. The normalized spacial score (nSPS) is 15.3. The fourth-order valence-corrected chi connectivity index (χ4v) is 3.16. The molecule has 2 aromatic rings. The molecule has 1 N–H and O–H groups in total. The minimum absolute atomic E-state index is 0.0873. The molecule has 0 bridgehead atoms. The van der Waals surface area contributed by atoms with E-state index in [1.165, 1.54) is 0 Å². The van der Waals surface area contributed by atoms with Gasteiger partial charge in [0.05, 0.1) is 0 Å². The number of piperidine rings is 1. The van der Waals surface area contributed by atoms with Crippen molar-refractivity contribution in [2.75, 3.05) is 18.0 Å². The first-order valence-electron chi connectivity index (χ1n) is 8.27. The number of benzene rings is 1. The van der Waals surface area contributed by atoms with Crippen LogP contribution in [0.5, 0.6) is 0 Å². The minimum Gasteiger partial charge on any atom is -0.353 e. The molecule has 5 nitrogen and oxygen atoms in total. The van der Waals surface area contributed by atoms with Gasteiger partial charge in [-0.15, -0.1) is 0 Å². The number of hydrogen-bond donors (Lipinski definition) is 1. The molecular formula is C18H21ClN4O. The van der Waals surface area contributed by atoms with Crippen LogP contribution in [0, 0.1) is 0 Å². The zero-order valence-corrected chi connectivity index (χ0v) is 14.2. The Morgan fingerprint density at radius 2 is 1.88 bits per heavy atom. The van der Waals surface area contributed by atoms with Gasteiger partial charge in [0.25, 0.3) is 0 Å². The average molecular weight is 345 g/mol. The van der Waals surface area contributed by atoms with Crippen LogP contribution >= 0.6 is 11.6 Å². The van der Waals surface area contributed by atoms with Gasteiger partial charge in [-0.3, -0.25) is 4.79 Å². The second-order valence-electron chi connectivity index (χ2n) is 5.97. The molecule has 6 heteroatoms. The summed E-state index contributed by atoms with van der Waals surface area (Å²) in [6.07, 6.45) is 6.47. The highest BCUT2D eigenvalue weighted by atomic mass is 35.5. The van der Waals surface area contributed by atoms with Crippen LogP contribution < -0.4 is 10.2 Å². The first kappa shape index (κ1) is 16.7. The minimum atomic E-state index is 0.0873. The molecule has 1 amide bonds. The van der Waals surface area contributed by atoms with Crippen molar-refractivity contribution in [3.05, 3.63) is 53.3 Å². The molecule has 2 heterocycles. The average Bonchev–Trinajstić information content (AvgIpc) is 2.62. The molecule has 1 aromatic carbocycles. The van der Waals surface area contributed by atoms with Gasteiger partial charge >= 0.3 is 0 Å². The zero-order chi connectivity index (χ0) is 16.8. The largest absolute Gasteiger partial charge is 0.353 e. The number of anilines is 1. The lowest BCUT2D eigenvalue weighted by Crippen LogP contribution is -2.45. The summed E-state index contributed by atoms with van der Waals surface area (Å²) >= 11 is 6.12. The maximum atomic E-state index is 12.2. The maximum Gasteiger partial charge on any atom is 0.225 e. The monoisotopic (exact) mass is 344 g/mol. The van der Waals surface area contributed by atoms with E-state index in [-0.39, 0.29) is 11.9 Å². The molecule has 1 fully saturated rings. The van der Waals surface area contributed by atoms with Crippen LogP contribution in [0.4, 0.5) is 5.95 Å². The van der Waals surface area contributed by atoms with Crippen molar-refractivity contribution in [1.82, 2.24) is 15.3 Å². The molecular weight excluding hydrogens is 324 g/mol. The molecule has 1 aliphatic rings. The first-order valence-corrected chi connectivity index (χ1v) is 8.65. The van der Waals surface area contributed by atoms with Crippen molar-refractivity contribution in [1.29, 1.82) is 0 Å². The van der Waals surface area contributed by atoms with E-state index in [2.05, 4.69) is 20.2 Å². The highest BCUT2D eigenvalue weighted by molar-refractivity contribution is 6.31. The molecule has 1 aromatic heterocycles. The van der Waals surface area contributed by atoms with Crippen LogP contribution in [0.1, 0.15) is 24.8 Å². The van der Waals surface area contributed by atoms with Crippen LogP contribution in [0.25, 0.3) is 0 Å². The molecule has 0 radical (unpaired) electrons. The number of halogens is 1. The van der Waals surface area contributed by atoms with Crippen molar-refractivity contribution < 1.29 is 4.79 Å². The molecule has 0 atom stereocenters. The lowest BCUT2D eigenvalue weighted by atomic mass is 10.0. The Labute approximate surface area is 147 Å². The number of carbonyl (C=O) groups is 1. The summed E-state index contributed by atoms with van der Waals surface area (Å²) in [5.41, 5.74) is 1.02. The molecule has 24 heavy (non-hydrogen) atoms. The van der Waals surface area contributed by atoms with E-state index < -0.39 is 0 Å². The number of nitrogens with zero attached hydrogens (tertiary/aromatic N) is 3. The second-order valence-corrected chi connectivity index (χ2v) is 6.38. The number of rotatable bonds is 5. The van der Waals surface area contributed by atoms with E-state index in [4.69, 9.17) is 11.6 Å². The van der Waals surface area contributed by atoms with Crippen LogP contribution in [-0.2, 0) is 11.2 Å². The van der Waals surface area contributed by atoms with E-state index in [0.29, 0.717) is 12.8 Å². The van der Waals surface area contributed by atoms with Crippen molar-refractivity contribution >= 4 is 23.5 Å². The summed E-state index contributed by atoms with van der Waals surface area (Å²) in [4.78, 5) is 22.9. The summed E-state index contributed by atoms with van der Waals surface area (Å²) in [6, 6.07) is 9.71. The topological polar surface area (TPSA) is 58.1 Å². The fraction of sp³-hybridized carbons (Fsp3) is 0.389. The Balaban J connectivity index is 1.43. The summed E-state index contributed by atoms with van der Waals surface area (Å²) < 4.78 is 0. The van der Waals surface area contributed by atoms with E-state index in [9.17, 15) is 4.79 Å². The number of carbonyl (C=O) groups excluding carboxylic acids is 1. The van der Waals surface area contributed by atoms with E-state index in [1.54, 1.807) is 12.4 Å². The molecule has 0 aliphatic carbocycles. The third-order valence-electron chi connectivity index (χ3n) is 4.27. The van der Waals surface area contributed by atoms with Gasteiger partial charge in [0.15, 0.2) is 0 Å². The zero-order valence-electron chi connectivity index (χ0n) is 13.5. The summed E-state index contributed by atoms with van der Waals surface area (Å²) in [7, 11) is 0. The predicted molar refractivity (Wildman–Crippen MR) is 95.2 cm³/mol. The molecule has 0 unspecified atom stereocenters. The van der Waals surface area contributed by atoms with E-state index >= 15 is 0 Å². The third-order valence-corrected chi connectivity index (χ3v) is 4.64. The second kappa shape index (κ2) is 8.11. The summed E-state index contributed by atoms with van der Waals surface area (Å²) in [6.45, 7) is 1.72. The van der Waals surface area contributed by atoms with Crippen molar-refractivity contribution in [2.24, 2.45) is 0 Å². The van der Waals surface area contributed by atoms with Gasteiger partial charge in [0.2, 0.25) is 11.9 Å². The van der Waals surface area contributed by atoms with Gasteiger partial charge in [-0.1, -0.05) is 29.8 Å². The highest BCUT2D eigenvalue weighted by Crippen LogP contribution is 2.18. The Hall–Kier alpha value is -2.14. The van der Waals surface area contributed by atoms with Crippen molar-refractivity contribution in [3.8, 4) is 0 Å². The Kier molecular flexibility index (Phi) is 5.64. The molecule has 0 saturated carbocycles. The SMILES string of the molecule is O=C(CCc1ccccc1Cl)NC1CCN(c2ncccn2)CC1. The number of hydrogen-bond acceptors (Lipinski definition) is 4. The van der Waals surface area contributed by atoms with Crippen LogP contribution in [0.15, 0.2) is 42.7 Å². The quantitative estimate of drug-likeness (QED) is 0.906. The van der Waals surface area contributed by atoms with Gasteiger partial charge in [-0.25, -0.2) is 9.97 Å². The fourth-order valence-electron chi connectivity index (χ4n) is 2.93. The molecule has 126 valence electrons. The Bertz CT molecular complexity index is 672. The van der Waals surface area contributed by atoms with Gasteiger partial charge in [-0.2, -0.15) is 0 Å². The molecule has 1 saturated heterocycles. The Morgan fingerprint density at radius 3 is 2.58 bits per heavy atom. The van der Waals surface area contributed by atoms with Crippen molar-refractivity contribution in [2.45, 2.75) is 31.7 Å². The highest BCUT2D eigenvalue weighted by Gasteiger charge is 2.21. The smallest absolute Gasteiger partial charge is 0.225 e. The van der Waals surface area contributed by atoms with E-state index in [0.717, 1.165) is 42.5 Å². The van der Waals surface area contributed by atoms with Gasteiger partial charge in [0.1, 0.15) is 0 Å². The number of aromatic nitrogens is 2. The van der Waals surface area contributed by atoms with Crippen LogP contribution in [0.3, 0.4) is 0 Å². The molecule has 0 spiro atoms. The predicted octanol–water partition coefficient (Wildman–Crippen LogP) is 2.85. The first-order chi connectivity index (χ1) is 11.7. The lowest BCUT2D eigenvalue weighted by molar-refractivity contribution is -0.121. The number of aryl methyl sites for hydroxylation is 1. The Morgan fingerprint density at radius 1 is 1.17 bits per heavy atom. The summed E-state index contributed by atoms with van der Waals surface area (Å²) in [5, 5.41) is 3.85. The van der Waals surface area contributed by atoms with E-state index in [1.807, 2.05) is 30.3 Å². The number of nitrogens with one attached hydrogen (secondary N) is 1. The van der Waals surface area contributed by atoms with Crippen molar-refractivity contribution in [3.63, 3.8) is 0 Å². The summed E-state index contributed by atoms with van der Waals surface area (Å²) in [5.74, 6) is 0.852. The molecule has 3 rings (SSSR count). The standard InChI is InChI=1S/C18H21ClN4O/c19-16-5-2-1-4-14(16)6-7-17(24)22-15-8-12-23(13-9-15)18-20-10-3-11-21-18/h1-5,10-11,15H,6-9,12-13H2,(H,22,24). The number of amides is 1. The molecule has 1 aliphatic heterocycles. The van der Waals surface area contributed by atoms with Gasteiger partial charge < -0.3 is 10.2 Å². The maximum absolute atomic E-state index is 12.2.